The molecule has 0 aliphatic carbocycles. The van der Waals surface area contributed by atoms with Crippen molar-refractivity contribution in [2.24, 2.45) is 0 Å². The third kappa shape index (κ3) is 3.71. The van der Waals surface area contributed by atoms with Crippen LogP contribution in [0.25, 0.3) is 11.1 Å². The Hall–Kier alpha value is -2.34. The molecule has 2 N–H and O–H groups in total. The van der Waals surface area contributed by atoms with Gasteiger partial charge in [0, 0.05) is 22.8 Å². The molecular weight excluding hydrogens is 358 g/mol. The van der Waals surface area contributed by atoms with Crippen molar-refractivity contribution in [1.82, 2.24) is 4.98 Å². The van der Waals surface area contributed by atoms with E-state index < -0.39 is 0 Å². The molecule has 0 saturated carbocycles. The standard InChI is InChI=1S/C17H16BrN3O2/c1-10(17(22)21-13-5-3-4-12(18)8-13)19-14-6-7-16-15(9-14)20-11(2)23-16/h3-10,19H,1-2H3,(H,21,22). The molecule has 0 bridgehead atoms. The molecule has 0 spiro atoms. The van der Waals surface area contributed by atoms with Crippen molar-refractivity contribution >= 4 is 44.3 Å². The van der Waals surface area contributed by atoms with Crippen molar-refractivity contribution in [2.45, 2.75) is 19.9 Å². The number of benzene rings is 2. The molecule has 2 aromatic carbocycles. The molecule has 6 heteroatoms. The summed E-state index contributed by atoms with van der Waals surface area (Å²) in [6.45, 7) is 3.62. The van der Waals surface area contributed by atoms with Crippen LogP contribution in [0.2, 0.25) is 0 Å². The van der Waals surface area contributed by atoms with Gasteiger partial charge in [-0.2, -0.15) is 0 Å². The van der Waals surface area contributed by atoms with Crippen molar-refractivity contribution in [3.63, 3.8) is 0 Å². The molecule has 1 amide bonds. The fraction of sp³-hybridized carbons (Fsp3) is 0.176. The zero-order valence-electron chi connectivity index (χ0n) is 12.8. The first-order chi connectivity index (χ1) is 11.0. The molecule has 0 aliphatic heterocycles. The van der Waals surface area contributed by atoms with Crippen LogP contribution in [0.1, 0.15) is 12.8 Å². The van der Waals surface area contributed by atoms with Gasteiger partial charge in [0.05, 0.1) is 0 Å². The Labute approximate surface area is 142 Å². The number of rotatable bonds is 4. The summed E-state index contributed by atoms with van der Waals surface area (Å²) in [6, 6.07) is 12.7. The van der Waals surface area contributed by atoms with Gasteiger partial charge in [0.2, 0.25) is 5.91 Å². The number of anilines is 2. The number of hydrogen-bond donors (Lipinski definition) is 2. The van der Waals surface area contributed by atoms with E-state index in [0.717, 1.165) is 26.9 Å². The Morgan fingerprint density at radius 2 is 2.04 bits per heavy atom. The number of nitrogens with zero attached hydrogens (tertiary/aromatic N) is 1. The zero-order chi connectivity index (χ0) is 16.4. The van der Waals surface area contributed by atoms with Crippen molar-refractivity contribution in [2.75, 3.05) is 10.6 Å². The minimum Gasteiger partial charge on any atom is -0.441 e. The number of fused-ring (bicyclic) bond motifs is 1. The van der Waals surface area contributed by atoms with E-state index in [2.05, 4.69) is 31.5 Å². The second-order valence-corrected chi connectivity index (χ2v) is 6.20. The van der Waals surface area contributed by atoms with Crippen molar-refractivity contribution in [3.05, 3.63) is 52.8 Å². The summed E-state index contributed by atoms with van der Waals surface area (Å²) >= 11 is 3.39. The summed E-state index contributed by atoms with van der Waals surface area (Å²) in [5.74, 6) is 0.511. The van der Waals surface area contributed by atoms with Crippen molar-refractivity contribution < 1.29 is 9.21 Å². The number of nitrogens with one attached hydrogen (secondary N) is 2. The SMILES string of the molecule is Cc1nc2cc(NC(C)C(=O)Nc3cccc(Br)c3)ccc2o1. The minimum atomic E-state index is -0.389. The Morgan fingerprint density at radius 3 is 2.83 bits per heavy atom. The number of aryl methyl sites for hydroxylation is 1. The zero-order valence-corrected chi connectivity index (χ0v) is 14.3. The average molecular weight is 374 g/mol. The summed E-state index contributed by atoms with van der Waals surface area (Å²) < 4.78 is 6.36. The van der Waals surface area contributed by atoms with E-state index in [4.69, 9.17) is 4.42 Å². The molecule has 118 valence electrons. The highest BCUT2D eigenvalue weighted by atomic mass is 79.9. The largest absolute Gasteiger partial charge is 0.441 e. The van der Waals surface area contributed by atoms with Gasteiger partial charge in [0.25, 0.3) is 0 Å². The van der Waals surface area contributed by atoms with E-state index >= 15 is 0 Å². The second kappa shape index (κ2) is 6.42. The highest BCUT2D eigenvalue weighted by Gasteiger charge is 2.13. The lowest BCUT2D eigenvalue weighted by atomic mass is 10.2. The molecule has 0 radical (unpaired) electrons. The van der Waals surface area contributed by atoms with Gasteiger partial charge in [0.15, 0.2) is 11.5 Å². The van der Waals surface area contributed by atoms with Gasteiger partial charge in [-0.3, -0.25) is 4.79 Å². The Balaban J connectivity index is 1.69. The Bertz CT molecular complexity index is 860. The topological polar surface area (TPSA) is 67.2 Å². The van der Waals surface area contributed by atoms with Crippen LogP contribution in [0.15, 0.2) is 51.4 Å². The monoisotopic (exact) mass is 373 g/mol. The van der Waals surface area contributed by atoms with Gasteiger partial charge in [-0.05, 0) is 43.3 Å². The van der Waals surface area contributed by atoms with E-state index in [1.807, 2.05) is 49.4 Å². The maximum atomic E-state index is 12.3. The third-order valence-electron chi connectivity index (χ3n) is 3.36. The second-order valence-electron chi connectivity index (χ2n) is 5.28. The highest BCUT2D eigenvalue weighted by Crippen LogP contribution is 2.21. The van der Waals surface area contributed by atoms with Crippen LogP contribution >= 0.6 is 15.9 Å². The molecular formula is C17H16BrN3O2. The quantitative estimate of drug-likeness (QED) is 0.713. The lowest BCUT2D eigenvalue weighted by molar-refractivity contribution is -0.116. The summed E-state index contributed by atoms with van der Waals surface area (Å²) in [5, 5.41) is 6.05. The van der Waals surface area contributed by atoms with E-state index in [1.54, 1.807) is 6.92 Å². The van der Waals surface area contributed by atoms with E-state index in [-0.39, 0.29) is 11.9 Å². The molecule has 1 aromatic heterocycles. The van der Waals surface area contributed by atoms with E-state index in [1.165, 1.54) is 0 Å². The smallest absolute Gasteiger partial charge is 0.246 e. The fourth-order valence-corrected chi connectivity index (χ4v) is 2.66. The number of amides is 1. The van der Waals surface area contributed by atoms with Gasteiger partial charge in [-0.15, -0.1) is 0 Å². The highest BCUT2D eigenvalue weighted by molar-refractivity contribution is 9.10. The first kappa shape index (κ1) is 15.6. The third-order valence-corrected chi connectivity index (χ3v) is 3.86. The molecule has 0 fully saturated rings. The van der Waals surface area contributed by atoms with Gasteiger partial charge >= 0.3 is 0 Å². The first-order valence-electron chi connectivity index (χ1n) is 7.21. The average Bonchev–Trinajstić information content (AvgIpc) is 2.86. The summed E-state index contributed by atoms with van der Waals surface area (Å²) in [4.78, 5) is 16.6. The van der Waals surface area contributed by atoms with Crippen LogP contribution in [-0.2, 0) is 4.79 Å². The summed E-state index contributed by atoms with van der Waals surface area (Å²) in [5.41, 5.74) is 3.08. The van der Waals surface area contributed by atoms with E-state index in [0.29, 0.717) is 5.89 Å². The Kier molecular flexibility index (Phi) is 4.34. The van der Waals surface area contributed by atoms with Gasteiger partial charge in [-0.1, -0.05) is 22.0 Å². The molecule has 1 atom stereocenters. The lowest BCUT2D eigenvalue weighted by Gasteiger charge is -2.15. The Morgan fingerprint density at radius 1 is 1.22 bits per heavy atom. The van der Waals surface area contributed by atoms with Crippen molar-refractivity contribution in [3.8, 4) is 0 Å². The number of oxazole rings is 1. The van der Waals surface area contributed by atoms with Crippen LogP contribution in [0, 0.1) is 6.92 Å². The van der Waals surface area contributed by atoms with Crippen LogP contribution in [-0.4, -0.2) is 16.9 Å². The molecule has 5 nitrogen and oxygen atoms in total. The minimum absolute atomic E-state index is 0.112. The predicted molar refractivity (Wildman–Crippen MR) is 94.6 cm³/mol. The number of halogens is 1. The fourth-order valence-electron chi connectivity index (χ4n) is 2.26. The number of carbonyl (C=O) groups excluding carboxylic acids is 1. The van der Waals surface area contributed by atoms with Crippen LogP contribution in [0.5, 0.6) is 0 Å². The summed E-state index contributed by atoms with van der Waals surface area (Å²) in [7, 11) is 0. The molecule has 0 saturated heterocycles. The molecule has 1 unspecified atom stereocenters. The number of aromatic nitrogens is 1. The van der Waals surface area contributed by atoms with Crippen molar-refractivity contribution in [1.29, 1.82) is 0 Å². The van der Waals surface area contributed by atoms with Crippen LogP contribution in [0.3, 0.4) is 0 Å². The normalized spacial score (nSPS) is 12.1. The maximum Gasteiger partial charge on any atom is 0.246 e. The van der Waals surface area contributed by atoms with Crippen LogP contribution in [0.4, 0.5) is 11.4 Å². The molecule has 3 aromatic rings. The maximum absolute atomic E-state index is 12.3. The van der Waals surface area contributed by atoms with E-state index in [9.17, 15) is 4.79 Å². The lowest BCUT2D eigenvalue weighted by Crippen LogP contribution is -2.31. The van der Waals surface area contributed by atoms with Gasteiger partial charge in [-0.25, -0.2) is 4.98 Å². The number of hydrogen-bond acceptors (Lipinski definition) is 4. The van der Waals surface area contributed by atoms with Gasteiger partial charge in [0.1, 0.15) is 11.6 Å². The molecule has 0 aliphatic rings. The summed E-state index contributed by atoms with van der Waals surface area (Å²) in [6.07, 6.45) is 0. The predicted octanol–water partition coefficient (Wildman–Crippen LogP) is 4.34. The molecule has 23 heavy (non-hydrogen) atoms. The molecule has 3 rings (SSSR count). The van der Waals surface area contributed by atoms with Crippen LogP contribution < -0.4 is 10.6 Å². The first-order valence-corrected chi connectivity index (χ1v) is 8.01. The van der Waals surface area contributed by atoms with Gasteiger partial charge < -0.3 is 15.1 Å². The number of carbonyl (C=O) groups is 1. The molecule has 1 heterocycles.